The lowest BCUT2D eigenvalue weighted by atomic mass is 10.5. The molecule has 1 atom stereocenters. The van der Waals surface area contributed by atoms with Crippen molar-refractivity contribution in [3.63, 3.8) is 0 Å². The zero-order valence-electron chi connectivity index (χ0n) is 6.25. The van der Waals surface area contributed by atoms with Crippen LogP contribution in [0.4, 0.5) is 0 Å². The Morgan fingerprint density at radius 3 is 2.55 bits per heavy atom. The van der Waals surface area contributed by atoms with Crippen LogP contribution in [0.25, 0.3) is 0 Å². The number of amides is 1. The smallest absolute Gasteiger partial charge is 0.219 e. The van der Waals surface area contributed by atoms with Gasteiger partial charge >= 0.3 is 0 Å². The average molecular weight is 175 g/mol. The highest BCUT2D eigenvalue weighted by molar-refractivity contribution is 7.85. The Balaban J connectivity index is 4.17. The summed E-state index contributed by atoms with van der Waals surface area (Å²) in [6, 6.07) is 0. The Morgan fingerprint density at radius 1 is 1.73 bits per heavy atom. The highest BCUT2D eigenvalue weighted by Gasteiger charge is 2.11. The first kappa shape index (κ1) is 10.2. The van der Waals surface area contributed by atoms with Crippen LogP contribution in [0, 0.1) is 0 Å². The Hall–Kier alpha value is -0.770. The maximum atomic E-state index is 10.5. The SMILES string of the molecule is COC(NC(C)=O)C(S)=C=O. The molecule has 0 radical (unpaired) electrons. The van der Waals surface area contributed by atoms with Crippen molar-refractivity contribution in [1.29, 1.82) is 0 Å². The highest BCUT2D eigenvalue weighted by Crippen LogP contribution is 2.02. The zero-order chi connectivity index (χ0) is 8.85. The second-order valence-corrected chi connectivity index (χ2v) is 2.29. The van der Waals surface area contributed by atoms with E-state index in [0.29, 0.717) is 0 Å². The van der Waals surface area contributed by atoms with Crippen LogP contribution in [0.15, 0.2) is 4.91 Å². The predicted molar refractivity (Wildman–Crippen MR) is 42.8 cm³/mol. The van der Waals surface area contributed by atoms with Gasteiger partial charge in [0, 0.05) is 14.0 Å². The lowest BCUT2D eigenvalue weighted by Crippen LogP contribution is -2.35. The molecule has 62 valence electrons. The molecule has 0 aliphatic rings. The molecule has 0 fully saturated rings. The fraction of sp³-hybridized carbons (Fsp3) is 0.500. The van der Waals surface area contributed by atoms with Crippen molar-refractivity contribution < 1.29 is 14.3 Å². The fourth-order valence-corrected chi connectivity index (χ4v) is 0.647. The van der Waals surface area contributed by atoms with E-state index in [1.807, 2.05) is 0 Å². The average Bonchev–Trinajstić information content (AvgIpc) is 1.98. The van der Waals surface area contributed by atoms with Gasteiger partial charge in [-0.2, -0.15) is 0 Å². The van der Waals surface area contributed by atoms with E-state index in [1.54, 1.807) is 0 Å². The molecule has 0 saturated heterocycles. The van der Waals surface area contributed by atoms with Crippen molar-refractivity contribution in [2.75, 3.05) is 7.11 Å². The minimum Gasteiger partial charge on any atom is -0.356 e. The maximum absolute atomic E-state index is 10.5. The number of rotatable bonds is 3. The van der Waals surface area contributed by atoms with Crippen LogP contribution in [0.3, 0.4) is 0 Å². The fourth-order valence-electron chi connectivity index (χ4n) is 0.477. The van der Waals surface area contributed by atoms with Crippen molar-refractivity contribution in [3.8, 4) is 0 Å². The summed E-state index contributed by atoms with van der Waals surface area (Å²) in [6.45, 7) is 1.32. The molecule has 0 rings (SSSR count). The molecule has 5 heteroatoms. The van der Waals surface area contributed by atoms with Gasteiger partial charge in [-0.25, -0.2) is 4.79 Å². The Kier molecular flexibility index (Phi) is 4.61. The van der Waals surface area contributed by atoms with Gasteiger partial charge in [-0.1, -0.05) is 0 Å². The summed E-state index contributed by atoms with van der Waals surface area (Å²) in [5.41, 5.74) is 0. The third-order valence-corrected chi connectivity index (χ3v) is 1.25. The summed E-state index contributed by atoms with van der Waals surface area (Å²) in [5.74, 6) is 1.22. The lowest BCUT2D eigenvalue weighted by Gasteiger charge is -2.12. The number of methoxy groups -OCH3 is 1. The van der Waals surface area contributed by atoms with Gasteiger partial charge in [-0.3, -0.25) is 4.79 Å². The second kappa shape index (κ2) is 4.96. The third-order valence-electron chi connectivity index (χ3n) is 0.923. The number of hydrogen-bond acceptors (Lipinski definition) is 4. The van der Waals surface area contributed by atoms with Crippen molar-refractivity contribution >= 4 is 24.5 Å². The van der Waals surface area contributed by atoms with E-state index < -0.39 is 6.23 Å². The lowest BCUT2D eigenvalue weighted by molar-refractivity contribution is -0.121. The molecule has 0 spiro atoms. The molecule has 11 heavy (non-hydrogen) atoms. The van der Waals surface area contributed by atoms with Gasteiger partial charge in [-0.05, 0) is 0 Å². The molecule has 4 nitrogen and oxygen atoms in total. The largest absolute Gasteiger partial charge is 0.356 e. The first-order valence-electron chi connectivity index (χ1n) is 2.85. The van der Waals surface area contributed by atoms with E-state index in [2.05, 4.69) is 17.9 Å². The van der Waals surface area contributed by atoms with E-state index in [1.165, 1.54) is 20.0 Å². The van der Waals surface area contributed by atoms with Gasteiger partial charge < -0.3 is 10.1 Å². The molecule has 0 aromatic rings. The monoisotopic (exact) mass is 175 g/mol. The van der Waals surface area contributed by atoms with Crippen molar-refractivity contribution in [2.45, 2.75) is 13.2 Å². The number of hydrogen-bond donors (Lipinski definition) is 2. The summed E-state index contributed by atoms with van der Waals surface area (Å²) in [4.78, 5) is 20.5. The summed E-state index contributed by atoms with van der Waals surface area (Å²) in [6.07, 6.45) is -0.784. The Labute approximate surface area is 70.0 Å². The molecule has 0 bridgehead atoms. The zero-order valence-corrected chi connectivity index (χ0v) is 7.14. The van der Waals surface area contributed by atoms with E-state index in [-0.39, 0.29) is 10.8 Å². The van der Waals surface area contributed by atoms with Crippen LogP contribution < -0.4 is 5.32 Å². The minimum atomic E-state index is -0.784. The Morgan fingerprint density at radius 2 is 2.27 bits per heavy atom. The number of carbonyl (C=O) groups is 1. The molecule has 1 N–H and O–H groups in total. The number of nitrogens with one attached hydrogen (secondary N) is 1. The molecule has 0 aromatic heterocycles. The predicted octanol–water partition coefficient (Wildman–Crippen LogP) is -0.260. The van der Waals surface area contributed by atoms with Gasteiger partial charge in [0.2, 0.25) is 5.91 Å². The van der Waals surface area contributed by atoms with E-state index >= 15 is 0 Å². The topological polar surface area (TPSA) is 55.4 Å². The van der Waals surface area contributed by atoms with E-state index in [0.717, 1.165) is 0 Å². The standard InChI is InChI=1S/C6H9NO3S/c1-4(9)7-6(10-2)5(11)3-8/h6,11H,1-2H3,(H,7,9). The van der Waals surface area contributed by atoms with E-state index in [4.69, 9.17) is 4.74 Å². The molecular weight excluding hydrogens is 166 g/mol. The molecule has 1 amide bonds. The molecule has 0 saturated carbocycles. The normalized spacial score (nSPS) is 11.5. The molecule has 0 aliphatic heterocycles. The van der Waals surface area contributed by atoms with Crippen molar-refractivity contribution in [1.82, 2.24) is 5.32 Å². The summed E-state index contributed by atoms with van der Waals surface area (Å²) in [5, 5.41) is 2.34. The van der Waals surface area contributed by atoms with Crippen LogP contribution in [0.5, 0.6) is 0 Å². The van der Waals surface area contributed by atoms with Gasteiger partial charge in [0.15, 0.2) is 6.23 Å². The summed E-state index contributed by atoms with van der Waals surface area (Å²) in [7, 11) is 1.36. The molecule has 0 heterocycles. The minimum absolute atomic E-state index is 0.0164. The van der Waals surface area contributed by atoms with Crippen LogP contribution in [-0.2, 0) is 14.3 Å². The molecule has 0 aliphatic carbocycles. The quantitative estimate of drug-likeness (QED) is 0.353. The van der Waals surface area contributed by atoms with Crippen LogP contribution in [-0.4, -0.2) is 25.2 Å². The third kappa shape index (κ3) is 3.83. The number of thiol groups is 1. The van der Waals surface area contributed by atoms with Crippen LogP contribution in [0.2, 0.25) is 0 Å². The molecular formula is C6H9NO3S. The molecule has 1 unspecified atom stereocenters. The maximum Gasteiger partial charge on any atom is 0.219 e. The van der Waals surface area contributed by atoms with Crippen LogP contribution in [0.1, 0.15) is 6.92 Å². The number of carbonyl (C=O) groups excluding carboxylic acids is 2. The van der Waals surface area contributed by atoms with Crippen LogP contribution >= 0.6 is 12.6 Å². The summed E-state index contributed by atoms with van der Waals surface area (Å²) < 4.78 is 4.71. The number of ether oxygens (including phenoxy) is 1. The second-order valence-electron chi connectivity index (χ2n) is 1.80. The van der Waals surface area contributed by atoms with Crippen molar-refractivity contribution in [3.05, 3.63) is 4.91 Å². The van der Waals surface area contributed by atoms with Gasteiger partial charge in [-0.15, -0.1) is 12.6 Å². The van der Waals surface area contributed by atoms with Gasteiger partial charge in [0.25, 0.3) is 0 Å². The summed E-state index contributed by atoms with van der Waals surface area (Å²) >= 11 is 3.73. The van der Waals surface area contributed by atoms with Gasteiger partial charge in [0.05, 0.1) is 0 Å². The van der Waals surface area contributed by atoms with Crippen molar-refractivity contribution in [2.24, 2.45) is 0 Å². The first-order chi connectivity index (χ1) is 5.11. The van der Waals surface area contributed by atoms with Gasteiger partial charge in [0.1, 0.15) is 10.8 Å². The molecule has 0 aromatic carbocycles. The first-order valence-corrected chi connectivity index (χ1v) is 3.30. The Bertz CT molecular complexity index is 198. The highest BCUT2D eigenvalue weighted by atomic mass is 32.1. The van der Waals surface area contributed by atoms with E-state index in [9.17, 15) is 9.59 Å².